The zero-order chi connectivity index (χ0) is 14.6. The lowest BCUT2D eigenvalue weighted by molar-refractivity contribution is 0.151. The first-order chi connectivity index (χ1) is 9.47. The van der Waals surface area contributed by atoms with Crippen molar-refractivity contribution >= 4 is 0 Å². The molecule has 0 unspecified atom stereocenters. The van der Waals surface area contributed by atoms with E-state index in [-0.39, 0.29) is 0 Å². The van der Waals surface area contributed by atoms with Crippen molar-refractivity contribution < 1.29 is 0 Å². The van der Waals surface area contributed by atoms with E-state index in [0.717, 1.165) is 23.9 Å². The molecule has 1 nitrogen and oxygen atoms in total. The van der Waals surface area contributed by atoms with Gasteiger partial charge in [0.15, 0.2) is 0 Å². The Morgan fingerprint density at radius 2 is 1.35 bits per heavy atom. The molecule has 20 heavy (non-hydrogen) atoms. The Hall–Kier alpha value is -0.0400. The predicted molar refractivity (Wildman–Crippen MR) is 89.0 cm³/mol. The van der Waals surface area contributed by atoms with E-state index in [1.54, 1.807) is 0 Å². The molecule has 1 heteroatoms. The predicted octanol–water partition coefficient (Wildman–Crippen LogP) is 5.54. The summed E-state index contributed by atoms with van der Waals surface area (Å²) in [5.74, 6) is 1.88. The standard InChI is InChI=1S/C19H37N/c1-15(16-9-7-5-6-8-10-16)20-18-13-11-17(12-14-18)19(2,3)4/h15-18,20H,5-14H2,1-4H3/t15-,17?,18?/m0/s1. The van der Waals surface area contributed by atoms with E-state index < -0.39 is 0 Å². The molecule has 0 aromatic rings. The largest absolute Gasteiger partial charge is 0.311 e. The molecule has 0 bridgehead atoms. The number of hydrogen-bond acceptors (Lipinski definition) is 1. The average molecular weight is 280 g/mol. The molecule has 118 valence electrons. The minimum atomic E-state index is 0.512. The lowest BCUT2D eigenvalue weighted by atomic mass is 9.71. The van der Waals surface area contributed by atoms with Crippen LogP contribution in [0.25, 0.3) is 0 Å². The third-order valence-electron chi connectivity index (χ3n) is 6.06. The van der Waals surface area contributed by atoms with Crippen molar-refractivity contribution in [3.8, 4) is 0 Å². The van der Waals surface area contributed by atoms with E-state index in [0.29, 0.717) is 5.41 Å². The number of hydrogen-bond donors (Lipinski definition) is 1. The molecule has 1 N–H and O–H groups in total. The van der Waals surface area contributed by atoms with Gasteiger partial charge in [-0.2, -0.15) is 0 Å². The van der Waals surface area contributed by atoms with Gasteiger partial charge in [-0.3, -0.25) is 0 Å². The van der Waals surface area contributed by atoms with Crippen LogP contribution in [0, 0.1) is 17.3 Å². The van der Waals surface area contributed by atoms with Gasteiger partial charge in [0, 0.05) is 12.1 Å². The fourth-order valence-electron chi connectivity index (χ4n) is 4.44. The third kappa shape index (κ3) is 4.76. The van der Waals surface area contributed by atoms with Crippen molar-refractivity contribution in [1.82, 2.24) is 5.32 Å². The topological polar surface area (TPSA) is 12.0 Å². The smallest absolute Gasteiger partial charge is 0.00698 e. The Morgan fingerprint density at radius 1 is 0.800 bits per heavy atom. The molecule has 2 saturated carbocycles. The summed E-state index contributed by atoms with van der Waals surface area (Å²) in [5.41, 5.74) is 0.512. The molecule has 2 aliphatic rings. The third-order valence-corrected chi connectivity index (χ3v) is 6.06. The Balaban J connectivity index is 1.74. The summed E-state index contributed by atoms with van der Waals surface area (Å²) in [4.78, 5) is 0. The Morgan fingerprint density at radius 3 is 1.85 bits per heavy atom. The van der Waals surface area contributed by atoms with Crippen LogP contribution in [-0.4, -0.2) is 12.1 Å². The molecule has 0 amide bonds. The molecule has 2 rings (SSSR count). The molecule has 1 atom stereocenters. The van der Waals surface area contributed by atoms with Crippen molar-refractivity contribution in [3.63, 3.8) is 0 Å². The van der Waals surface area contributed by atoms with Gasteiger partial charge >= 0.3 is 0 Å². The number of rotatable bonds is 3. The maximum Gasteiger partial charge on any atom is 0.00698 e. The second-order valence-electron chi connectivity index (χ2n) is 8.62. The maximum absolute atomic E-state index is 3.99. The molecule has 0 saturated heterocycles. The van der Waals surface area contributed by atoms with Crippen LogP contribution in [-0.2, 0) is 0 Å². The summed E-state index contributed by atoms with van der Waals surface area (Å²) in [6.07, 6.45) is 14.5. The normalized spacial score (nSPS) is 31.8. The van der Waals surface area contributed by atoms with Crippen molar-refractivity contribution in [1.29, 1.82) is 0 Å². The average Bonchev–Trinajstić information content (AvgIpc) is 2.67. The van der Waals surface area contributed by atoms with Gasteiger partial charge in [0.05, 0.1) is 0 Å². The highest BCUT2D eigenvalue weighted by Gasteiger charge is 2.30. The SMILES string of the molecule is C[C@H](NC1CCC(C(C)(C)C)CC1)C1CCCCCC1. The fraction of sp³-hybridized carbons (Fsp3) is 1.00. The minimum Gasteiger partial charge on any atom is -0.311 e. The van der Waals surface area contributed by atoms with Crippen LogP contribution in [0.5, 0.6) is 0 Å². The highest BCUT2D eigenvalue weighted by molar-refractivity contribution is 4.86. The van der Waals surface area contributed by atoms with Crippen LogP contribution in [0.4, 0.5) is 0 Å². The van der Waals surface area contributed by atoms with Crippen molar-refractivity contribution in [2.75, 3.05) is 0 Å². The maximum atomic E-state index is 3.99. The summed E-state index contributed by atoms with van der Waals surface area (Å²) in [6, 6.07) is 1.54. The van der Waals surface area contributed by atoms with Gasteiger partial charge in [-0.25, -0.2) is 0 Å². The van der Waals surface area contributed by atoms with Gasteiger partial charge in [0.2, 0.25) is 0 Å². The summed E-state index contributed by atoms with van der Waals surface area (Å²) >= 11 is 0. The molecular formula is C19H37N. The number of nitrogens with one attached hydrogen (secondary N) is 1. The monoisotopic (exact) mass is 279 g/mol. The van der Waals surface area contributed by atoms with Crippen molar-refractivity contribution in [2.45, 2.75) is 104 Å². The molecule has 2 aliphatic carbocycles. The summed E-state index contributed by atoms with van der Waals surface area (Å²) in [6.45, 7) is 9.70. The zero-order valence-electron chi connectivity index (χ0n) is 14.4. The minimum absolute atomic E-state index is 0.512. The van der Waals surface area contributed by atoms with Gasteiger partial charge in [0.1, 0.15) is 0 Å². The quantitative estimate of drug-likeness (QED) is 0.669. The van der Waals surface area contributed by atoms with Crippen LogP contribution in [0.15, 0.2) is 0 Å². The summed E-state index contributed by atoms with van der Waals surface area (Å²) < 4.78 is 0. The fourth-order valence-corrected chi connectivity index (χ4v) is 4.44. The highest BCUT2D eigenvalue weighted by atomic mass is 15.0. The lowest BCUT2D eigenvalue weighted by Gasteiger charge is -2.39. The zero-order valence-corrected chi connectivity index (χ0v) is 14.4. The Kier molecular flexibility index (Phi) is 5.95. The Bertz CT molecular complexity index is 262. The van der Waals surface area contributed by atoms with Gasteiger partial charge in [-0.1, -0.05) is 46.5 Å². The van der Waals surface area contributed by atoms with E-state index in [9.17, 15) is 0 Å². The van der Waals surface area contributed by atoms with E-state index in [4.69, 9.17) is 0 Å². The molecule has 0 spiro atoms. The molecule has 2 fully saturated rings. The first kappa shape index (κ1) is 16.3. The van der Waals surface area contributed by atoms with Gasteiger partial charge in [-0.05, 0) is 62.7 Å². The van der Waals surface area contributed by atoms with Crippen molar-refractivity contribution in [3.05, 3.63) is 0 Å². The van der Waals surface area contributed by atoms with Crippen LogP contribution in [0.1, 0.15) is 91.9 Å². The second-order valence-corrected chi connectivity index (χ2v) is 8.62. The molecule has 0 radical (unpaired) electrons. The van der Waals surface area contributed by atoms with E-state index >= 15 is 0 Å². The molecule has 0 aliphatic heterocycles. The van der Waals surface area contributed by atoms with Crippen LogP contribution >= 0.6 is 0 Å². The molecule has 0 aromatic carbocycles. The van der Waals surface area contributed by atoms with Crippen molar-refractivity contribution in [2.24, 2.45) is 17.3 Å². The van der Waals surface area contributed by atoms with Gasteiger partial charge in [0.25, 0.3) is 0 Å². The molecular weight excluding hydrogens is 242 g/mol. The van der Waals surface area contributed by atoms with Crippen LogP contribution < -0.4 is 5.32 Å². The lowest BCUT2D eigenvalue weighted by Crippen LogP contribution is -2.43. The van der Waals surface area contributed by atoms with Gasteiger partial charge in [-0.15, -0.1) is 0 Å². The Labute approximate surface area is 127 Å². The van der Waals surface area contributed by atoms with E-state index in [1.807, 2.05) is 0 Å². The van der Waals surface area contributed by atoms with Crippen LogP contribution in [0.3, 0.4) is 0 Å². The first-order valence-electron chi connectivity index (χ1n) is 9.23. The van der Waals surface area contributed by atoms with E-state index in [1.165, 1.54) is 64.2 Å². The molecule has 0 aromatic heterocycles. The molecule has 0 heterocycles. The van der Waals surface area contributed by atoms with Gasteiger partial charge < -0.3 is 5.32 Å². The second kappa shape index (κ2) is 7.29. The summed E-state index contributed by atoms with van der Waals surface area (Å²) in [5, 5.41) is 3.99. The summed E-state index contributed by atoms with van der Waals surface area (Å²) in [7, 11) is 0. The van der Waals surface area contributed by atoms with Crippen LogP contribution in [0.2, 0.25) is 0 Å². The highest BCUT2D eigenvalue weighted by Crippen LogP contribution is 2.38. The first-order valence-corrected chi connectivity index (χ1v) is 9.23. The van der Waals surface area contributed by atoms with E-state index in [2.05, 4.69) is 33.0 Å².